The van der Waals surface area contributed by atoms with Gasteiger partial charge in [0.1, 0.15) is 6.04 Å². The number of carbonyl (C=O) groups excluding carboxylic acids is 1. The number of hydrogen-bond donors (Lipinski definition) is 0. The molecule has 1 heterocycles. The summed E-state index contributed by atoms with van der Waals surface area (Å²) >= 11 is 0. The van der Waals surface area contributed by atoms with Gasteiger partial charge in [0.05, 0.1) is 12.6 Å². The van der Waals surface area contributed by atoms with Crippen molar-refractivity contribution in [1.82, 2.24) is 4.90 Å². The summed E-state index contributed by atoms with van der Waals surface area (Å²) in [5.41, 5.74) is 1.53. The maximum atomic E-state index is 12.4. The van der Waals surface area contributed by atoms with Crippen LogP contribution in [0.1, 0.15) is 96.8 Å². The summed E-state index contributed by atoms with van der Waals surface area (Å²) in [6.07, 6.45) is 19.8. The normalized spacial score (nSPS) is 20.7. The van der Waals surface area contributed by atoms with E-state index in [0.29, 0.717) is 18.9 Å². The van der Waals surface area contributed by atoms with E-state index in [9.17, 15) is 4.79 Å². The van der Waals surface area contributed by atoms with Crippen molar-refractivity contribution >= 4 is 5.91 Å². The fourth-order valence-electron chi connectivity index (χ4n) is 4.03. The lowest BCUT2D eigenvalue weighted by atomic mass is 9.83. The molecule has 2 rings (SSSR count). The van der Waals surface area contributed by atoms with Gasteiger partial charge in [0.15, 0.2) is 0 Å². The average Bonchev–Trinajstić information content (AvgIpc) is 3.43. The first-order valence-corrected chi connectivity index (χ1v) is 10.6. The molecule has 0 aromatic rings. The van der Waals surface area contributed by atoms with Crippen molar-refractivity contribution < 1.29 is 4.79 Å². The predicted molar refractivity (Wildman–Crippen MR) is 103 cm³/mol. The van der Waals surface area contributed by atoms with E-state index >= 15 is 0 Å². The molecule has 0 aromatic carbocycles. The van der Waals surface area contributed by atoms with Crippen molar-refractivity contribution in [3.8, 4) is 6.07 Å². The first kappa shape index (κ1) is 20.0. The van der Waals surface area contributed by atoms with E-state index in [4.69, 9.17) is 5.26 Å². The summed E-state index contributed by atoms with van der Waals surface area (Å²) in [6.45, 7) is 2.91. The van der Waals surface area contributed by atoms with Crippen LogP contribution < -0.4 is 0 Å². The second kappa shape index (κ2) is 11.3. The van der Waals surface area contributed by atoms with E-state index < -0.39 is 0 Å². The summed E-state index contributed by atoms with van der Waals surface area (Å²) < 4.78 is 0. The molecule has 140 valence electrons. The topological polar surface area (TPSA) is 43.9 Å². The SMILES string of the molecule is CCCCCCCCCCC(CC(=O)N1CC1C#N)C1=CCCCC1. The van der Waals surface area contributed by atoms with Crippen LogP contribution in [0.3, 0.4) is 0 Å². The van der Waals surface area contributed by atoms with Crippen LogP contribution in [0.5, 0.6) is 0 Å². The maximum absolute atomic E-state index is 12.4. The van der Waals surface area contributed by atoms with Gasteiger partial charge >= 0.3 is 0 Å². The van der Waals surface area contributed by atoms with Crippen LogP contribution in [0.15, 0.2) is 11.6 Å². The van der Waals surface area contributed by atoms with Gasteiger partial charge in [0.25, 0.3) is 0 Å². The molecule has 0 radical (unpaired) electrons. The molecule has 1 aliphatic carbocycles. The second-order valence-electron chi connectivity index (χ2n) is 7.88. The van der Waals surface area contributed by atoms with Crippen LogP contribution >= 0.6 is 0 Å². The third-order valence-corrected chi connectivity index (χ3v) is 5.76. The Morgan fingerprint density at radius 1 is 1.20 bits per heavy atom. The molecule has 2 aliphatic rings. The lowest BCUT2D eigenvalue weighted by Gasteiger charge is -2.23. The molecular weight excluding hydrogens is 308 g/mol. The third-order valence-electron chi connectivity index (χ3n) is 5.76. The minimum Gasteiger partial charge on any atom is -0.322 e. The summed E-state index contributed by atoms with van der Waals surface area (Å²) in [5, 5.41) is 8.93. The number of carbonyl (C=O) groups is 1. The highest BCUT2D eigenvalue weighted by atomic mass is 16.2. The van der Waals surface area contributed by atoms with Crippen LogP contribution in [-0.4, -0.2) is 23.4 Å². The molecule has 0 N–H and O–H groups in total. The van der Waals surface area contributed by atoms with Gasteiger partial charge in [-0.15, -0.1) is 0 Å². The fraction of sp³-hybridized carbons (Fsp3) is 0.818. The quantitative estimate of drug-likeness (QED) is 0.257. The Bertz CT molecular complexity index is 477. The molecule has 1 fully saturated rings. The molecule has 25 heavy (non-hydrogen) atoms. The lowest BCUT2D eigenvalue weighted by molar-refractivity contribution is -0.126. The van der Waals surface area contributed by atoms with E-state index in [2.05, 4.69) is 19.1 Å². The molecule has 1 aliphatic heterocycles. The molecular formula is C22H36N2O. The Balaban J connectivity index is 1.71. The summed E-state index contributed by atoms with van der Waals surface area (Å²) in [5.74, 6) is 0.621. The lowest BCUT2D eigenvalue weighted by Crippen LogP contribution is -2.19. The van der Waals surface area contributed by atoms with Crippen LogP contribution in [-0.2, 0) is 4.79 Å². The Morgan fingerprint density at radius 2 is 1.92 bits per heavy atom. The van der Waals surface area contributed by atoms with Crippen molar-refractivity contribution in [1.29, 1.82) is 5.26 Å². The minimum atomic E-state index is -0.142. The van der Waals surface area contributed by atoms with Gasteiger partial charge in [0, 0.05) is 6.42 Å². The van der Waals surface area contributed by atoms with Crippen molar-refractivity contribution in [2.24, 2.45) is 5.92 Å². The van der Waals surface area contributed by atoms with Crippen LogP contribution in [0.2, 0.25) is 0 Å². The van der Waals surface area contributed by atoms with E-state index in [1.165, 1.54) is 82.6 Å². The van der Waals surface area contributed by atoms with E-state index in [-0.39, 0.29) is 11.9 Å². The number of hydrogen-bond acceptors (Lipinski definition) is 2. The monoisotopic (exact) mass is 344 g/mol. The Morgan fingerprint density at radius 3 is 2.52 bits per heavy atom. The number of amides is 1. The molecule has 2 unspecified atom stereocenters. The number of unbranched alkanes of at least 4 members (excludes halogenated alkanes) is 7. The van der Waals surface area contributed by atoms with Crippen molar-refractivity contribution in [2.75, 3.05) is 6.54 Å². The van der Waals surface area contributed by atoms with Gasteiger partial charge in [0.2, 0.25) is 5.91 Å². The first-order chi connectivity index (χ1) is 12.3. The number of nitrogens with zero attached hydrogens (tertiary/aromatic N) is 2. The second-order valence-corrected chi connectivity index (χ2v) is 7.88. The molecule has 1 saturated heterocycles. The highest BCUT2D eigenvalue weighted by Crippen LogP contribution is 2.32. The highest BCUT2D eigenvalue weighted by molar-refractivity contribution is 5.80. The minimum absolute atomic E-state index is 0.142. The average molecular weight is 345 g/mol. The number of allylic oxidation sites excluding steroid dienone is 2. The Kier molecular flexibility index (Phi) is 9.08. The summed E-state index contributed by atoms with van der Waals surface area (Å²) in [7, 11) is 0. The third kappa shape index (κ3) is 7.22. The zero-order valence-corrected chi connectivity index (χ0v) is 16.1. The number of nitriles is 1. The van der Waals surface area contributed by atoms with Crippen molar-refractivity contribution in [2.45, 2.75) is 103 Å². The molecule has 0 bridgehead atoms. The molecule has 0 spiro atoms. The highest BCUT2D eigenvalue weighted by Gasteiger charge is 2.39. The molecule has 1 amide bonds. The Labute approximate surface area is 154 Å². The van der Waals surface area contributed by atoms with Gasteiger partial charge in [-0.05, 0) is 38.0 Å². The van der Waals surface area contributed by atoms with Gasteiger partial charge in [-0.25, -0.2) is 0 Å². The van der Waals surface area contributed by atoms with Crippen molar-refractivity contribution in [3.05, 3.63) is 11.6 Å². The maximum Gasteiger partial charge on any atom is 0.224 e. The van der Waals surface area contributed by atoms with E-state index in [1.807, 2.05) is 0 Å². The Hall–Kier alpha value is -1.30. The zero-order valence-electron chi connectivity index (χ0n) is 16.1. The van der Waals surface area contributed by atoms with Crippen LogP contribution in [0.25, 0.3) is 0 Å². The van der Waals surface area contributed by atoms with Gasteiger partial charge in [-0.3, -0.25) is 4.79 Å². The fourth-order valence-corrected chi connectivity index (χ4v) is 4.03. The van der Waals surface area contributed by atoms with Crippen molar-refractivity contribution in [3.63, 3.8) is 0 Å². The largest absolute Gasteiger partial charge is 0.322 e. The predicted octanol–water partition coefficient (Wildman–Crippen LogP) is 5.76. The van der Waals surface area contributed by atoms with Crippen LogP contribution in [0.4, 0.5) is 0 Å². The van der Waals surface area contributed by atoms with E-state index in [0.717, 1.165) is 6.42 Å². The van der Waals surface area contributed by atoms with Gasteiger partial charge in [-0.2, -0.15) is 5.26 Å². The first-order valence-electron chi connectivity index (χ1n) is 10.6. The molecule has 2 atom stereocenters. The number of rotatable bonds is 12. The molecule has 3 heteroatoms. The zero-order chi connectivity index (χ0) is 17.9. The van der Waals surface area contributed by atoms with Crippen LogP contribution in [0, 0.1) is 17.2 Å². The molecule has 3 nitrogen and oxygen atoms in total. The smallest absolute Gasteiger partial charge is 0.224 e. The summed E-state index contributed by atoms with van der Waals surface area (Å²) in [6, 6.07) is 2.05. The summed E-state index contributed by atoms with van der Waals surface area (Å²) in [4.78, 5) is 14.2. The van der Waals surface area contributed by atoms with Gasteiger partial charge < -0.3 is 4.90 Å². The van der Waals surface area contributed by atoms with Gasteiger partial charge in [-0.1, -0.05) is 69.9 Å². The van der Waals surface area contributed by atoms with E-state index in [1.54, 1.807) is 4.90 Å². The molecule has 0 aromatic heterocycles. The standard InChI is InChI=1S/C22H36N2O/c1-2-3-4-5-6-7-8-10-15-20(19-13-11-9-12-14-19)16-22(25)24-18-21(24)17-23/h13,20-21H,2-12,14-16,18H2,1H3. The molecule has 0 saturated carbocycles.